The molecule has 2 nitrogen and oxygen atoms in total. The zero-order chi connectivity index (χ0) is 13.9. The first-order chi connectivity index (χ1) is 9.72. The lowest BCUT2D eigenvalue weighted by Crippen LogP contribution is -2.28. The van der Waals surface area contributed by atoms with Crippen LogP contribution in [0.5, 0.6) is 0 Å². The molecule has 0 radical (unpaired) electrons. The van der Waals surface area contributed by atoms with Crippen LogP contribution in [-0.4, -0.2) is 17.3 Å². The molecule has 104 valence electrons. The normalized spacial score (nSPS) is 25.8. The van der Waals surface area contributed by atoms with E-state index in [1.54, 1.807) is 0 Å². The van der Waals surface area contributed by atoms with E-state index >= 15 is 0 Å². The molecule has 1 aliphatic carbocycles. The summed E-state index contributed by atoms with van der Waals surface area (Å²) in [5, 5.41) is 9.71. The highest BCUT2D eigenvalue weighted by Gasteiger charge is 2.29. The van der Waals surface area contributed by atoms with Gasteiger partial charge < -0.3 is 10.8 Å². The highest BCUT2D eigenvalue weighted by molar-refractivity contribution is 5.63. The fourth-order valence-electron chi connectivity index (χ4n) is 3.12. The predicted octanol–water partition coefficient (Wildman–Crippen LogP) is 2.99. The molecule has 20 heavy (non-hydrogen) atoms. The summed E-state index contributed by atoms with van der Waals surface area (Å²) in [5.74, 6) is 0.516. The molecule has 0 unspecified atom stereocenters. The summed E-state index contributed by atoms with van der Waals surface area (Å²) in [7, 11) is 0. The van der Waals surface area contributed by atoms with Crippen LogP contribution in [0.15, 0.2) is 54.6 Å². The van der Waals surface area contributed by atoms with E-state index in [9.17, 15) is 5.11 Å². The standard InChI is InChI=1S/C18H21NO/c19-17-11-14(12-18(17)20)10-13-6-8-16(9-7-13)15-4-2-1-3-5-15/h1-9,14,17-18,20H,10-12,19H2/t14-,17+,18+/m1/s1. The van der Waals surface area contributed by atoms with Crippen LogP contribution in [0.25, 0.3) is 11.1 Å². The minimum absolute atomic E-state index is 0.0383. The minimum Gasteiger partial charge on any atom is -0.392 e. The van der Waals surface area contributed by atoms with E-state index in [-0.39, 0.29) is 12.1 Å². The fraction of sp³-hybridized carbons (Fsp3) is 0.333. The van der Waals surface area contributed by atoms with Gasteiger partial charge in [-0.05, 0) is 41.9 Å². The smallest absolute Gasteiger partial charge is 0.0693 e. The number of aliphatic hydroxyl groups excluding tert-OH is 1. The van der Waals surface area contributed by atoms with E-state index in [0.717, 1.165) is 19.3 Å². The third-order valence-electron chi connectivity index (χ3n) is 4.26. The van der Waals surface area contributed by atoms with Crippen molar-refractivity contribution >= 4 is 0 Å². The Morgan fingerprint density at radius 1 is 0.900 bits per heavy atom. The van der Waals surface area contributed by atoms with Gasteiger partial charge >= 0.3 is 0 Å². The number of hydrogen-bond donors (Lipinski definition) is 2. The summed E-state index contributed by atoms with van der Waals surface area (Å²) >= 11 is 0. The molecule has 2 aromatic carbocycles. The van der Waals surface area contributed by atoms with Crippen molar-refractivity contribution in [3.05, 3.63) is 60.2 Å². The predicted molar refractivity (Wildman–Crippen MR) is 82.3 cm³/mol. The molecule has 3 N–H and O–H groups in total. The van der Waals surface area contributed by atoms with E-state index < -0.39 is 0 Å². The molecule has 2 heteroatoms. The minimum atomic E-state index is -0.316. The fourth-order valence-corrected chi connectivity index (χ4v) is 3.12. The Kier molecular flexibility index (Phi) is 3.86. The van der Waals surface area contributed by atoms with Gasteiger partial charge in [-0.25, -0.2) is 0 Å². The lowest BCUT2D eigenvalue weighted by atomic mass is 9.96. The van der Waals surface area contributed by atoms with Crippen molar-refractivity contribution < 1.29 is 5.11 Å². The Bertz CT molecular complexity index is 539. The molecule has 0 saturated heterocycles. The number of nitrogens with two attached hydrogens (primary N) is 1. The first-order valence-electron chi connectivity index (χ1n) is 7.30. The Morgan fingerprint density at radius 2 is 1.55 bits per heavy atom. The molecule has 0 amide bonds. The van der Waals surface area contributed by atoms with Gasteiger partial charge in [-0.2, -0.15) is 0 Å². The summed E-state index contributed by atoms with van der Waals surface area (Å²) < 4.78 is 0. The summed E-state index contributed by atoms with van der Waals surface area (Å²) in [6.07, 6.45) is 2.46. The Morgan fingerprint density at radius 3 is 2.15 bits per heavy atom. The zero-order valence-corrected chi connectivity index (χ0v) is 11.6. The van der Waals surface area contributed by atoms with Gasteiger partial charge in [-0.15, -0.1) is 0 Å². The molecule has 0 heterocycles. The number of hydrogen-bond acceptors (Lipinski definition) is 2. The maximum absolute atomic E-state index is 9.71. The second-order valence-corrected chi connectivity index (χ2v) is 5.84. The number of aliphatic hydroxyl groups is 1. The van der Waals surface area contributed by atoms with E-state index in [0.29, 0.717) is 5.92 Å². The second-order valence-electron chi connectivity index (χ2n) is 5.84. The molecular formula is C18H21NO. The van der Waals surface area contributed by atoms with E-state index in [2.05, 4.69) is 48.5 Å². The molecule has 0 spiro atoms. The molecule has 1 fully saturated rings. The Hall–Kier alpha value is -1.64. The van der Waals surface area contributed by atoms with Crippen LogP contribution in [0, 0.1) is 5.92 Å². The quantitative estimate of drug-likeness (QED) is 0.898. The van der Waals surface area contributed by atoms with Crippen molar-refractivity contribution in [2.75, 3.05) is 0 Å². The topological polar surface area (TPSA) is 46.2 Å². The summed E-state index contributed by atoms with van der Waals surface area (Å²) in [6.45, 7) is 0. The van der Waals surface area contributed by atoms with Crippen molar-refractivity contribution in [3.8, 4) is 11.1 Å². The van der Waals surface area contributed by atoms with E-state index in [1.807, 2.05) is 6.07 Å². The lowest BCUT2D eigenvalue weighted by Gasteiger charge is -2.10. The van der Waals surface area contributed by atoms with Crippen molar-refractivity contribution in [3.63, 3.8) is 0 Å². The SMILES string of the molecule is N[C@H]1C[C@@H](Cc2ccc(-c3ccccc3)cc2)C[C@@H]1O. The van der Waals surface area contributed by atoms with Gasteiger partial charge in [0.1, 0.15) is 0 Å². The third kappa shape index (κ3) is 2.92. The zero-order valence-electron chi connectivity index (χ0n) is 11.6. The number of benzene rings is 2. The van der Waals surface area contributed by atoms with Gasteiger partial charge in [-0.3, -0.25) is 0 Å². The van der Waals surface area contributed by atoms with Crippen molar-refractivity contribution in [2.45, 2.75) is 31.4 Å². The van der Waals surface area contributed by atoms with Crippen LogP contribution in [0.2, 0.25) is 0 Å². The molecule has 1 aliphatic rings. The Labute approximate surface area is 120 Å². The van der Waals surface area contributed by atoms with Crippen LogP contribution in [-0.2, 0) is 6.42 Å². The third-order valence-corrected chi connectivity index (χ3v) is 4.26. The largest absolute Gasteiger partial charge is 0.392 e. The summed E-state index contributed by atoms with van der Waals surface area (Å²) in [4.78, 5) is 0. The summed E-state index contributed by atoms with van der Waals surface area (Å²) in [6, 6.07) is 19.1. The van der Waals surface area contributed by atoms with Gasteiger partial charge in [0.15, 0.2) is 0 Å². The highest BCUT2D eigenvalue weighted by atomic mass is 16.3. The van der Waals surface area contributed by atoms with Gasteiger partial charge in [0.25, 0.3) is 0 Å². The molecule has 0 aliphatic heterocycles. The molecule has 0 aromatic heterocycles. The van der Waals surface area contributed by atoms with Crippen LogP contribution >= 0.6 is 0 Å². The average molecular weight is 267 g/mol. The van der Waals surface area contributed by atoms with Crippen molar-refractivity contribution in [2.24, 2.45) is 11.7 Å². The molecule has 1 saturated carbocycles. The molecular weight excluding hydrogens is 246 g/mol. The molecule has 2 aromatic rings. The van der Waals surface area contributed by atoms with Gasteiger partial charge in [-0.1, -0.05) is 54.6 Å². The first kappa shape index (κ1) is 13.3. The van der Waals surface area contributed by atoms with Gasteiger partial charge in [0, 0.05) is 6.04 Å². The lowest BCUT2D eigenvalue weighted by molar-refractivity contribution is 0.161. The highest BCUT2D eigenvalue weighted by Crippen LogP contribution is 2.28. The Balaban J connectivity index is 1.68. The van der Waals surface area contributed by atoms with Gasteiger partial charge in [0.05, 0.1) is 6.10 Å². The van der Waals surface area contributed by atoms with Crippen LogP contribution in [0.1, 0.15) is 18.4 Å². The molecule has 3 rings (SSSR count). The van der Waals surface area contributed by atoms with E-state index in [1.165, 1.54) is 16.7 Å². The number of rotatable bonds is 3. The average Bonchev–Trinajstić information content (AvgIpc) is 2.79. The van der Waals surface area contributed by atoms with Crippen LogP contribution in [0.4, 0.5) is 0 Å². The maximum atomic E-state index is 9.71. The molecule has 0 bridgehead atoms. The maximum Gasteiger partial charge on any atom is 0.0693 e. The first-order valence-corrected chi connectivity index (χ1v) is 7.30. The van der Waals surface area contributed by atoms with Crippen LogP contribution < -0.4 is 5.73 Å². The van der Waals surface area contributed by atoms with Crippen LogP contribution in [0.3, 0.4) is 0 Å². The van der Waals surface area contributed by atoms with Crippen molar-refractivity contribution in [1.82, 2.24) is 0 Å². The second kappa shape index (κ2) is 5.78. The van der Waals surface area contributed by atoms with Gasteiger partial charge in [0.2, 0.25) is 0 Å². The monoisotopic (exact) mass is 267 g/mol. The van der Waals surface area contributed by atoms with E-state index in [4.69, 9.17) is 5.73 Å². The molecule has 3 atom stereocenters. The van der Waals surface area contributed by atoms with Crippen molar-refractivity contribution in [1.29, 1.82) is 0 Å². The summed E-state index contributed by atoms with van der Waals surface area (Å²) in [5.41, 5.74) is 9.70.